The lowest BCUT2D eigenvalue weighted by molar-refractivity contribution is -0.143. The van der Waals surface area contributed by atoms with Gasteiger partial charge in [-0.05, 0) is 31.0 Å². The predicted molar refractivity (Wildman–Crippen MR) is 62.2 cm³/mol. The Balaban J connectivity index is 2.20. The summed E-state index contributed by atoms with van der Waals surface area (Å²) >= 11 is 0. The minimum atomic E-state index is -0.412. The van der Waals surface area contributed by atoms with E-state index < -0.39 is 5.97 Å². The van der Waals surface area contributed by atoms with Gasteiger partial charge in [-0.1, -0.05) is 0 Å². The molecule has 0 aliphatic carbocycles. The van der Waals surface area contributed by atoms with Gasteiger partial charge in [0.2, 0.25) is 5.91 Å². The van der Waals surface area contributed by atoms with E-state index in [1.807, 2.05) is 12.1 Å². The zero-order valence-corrected chi connectivity index (χ0v) is 9.81. The Morgan fingerprint density at radius 2 is 2.06 bits per heavy atom. The highest BCUT2D eigenvalue weighted by Gasteiger charge is 2.05. The molecule has 0 atom stereocenters. The molecule has 5 heteroatoms. The van der Waals surface area contributed by atoms with Crippen LogP contribution in [0, 0.1) is 0 Å². The van der Waals surface area contributed by atoms with Gasteiger partial charge in [-0.3, -0.25) is 14.6 Å². The van der Waals surface area contributed by atoms with Gasteiger partial charge in [-0.2, -0.15) is 0 Å². The third-order valence-electron chi connectivity index (χ3n) is 2.13. The molecule has 0 spiro atoms. The molecular formula is C12H16N2O3. The van der Waals surface area contributed by atoms with Gasteiger partial charge in [0.15, 0.2) is 0 Å². The van der Waals surface area contributed by atoms with Crippen LogP contribution in [0.5, 0.6) is 0 Å². The van der Waals surface area contributed by atoms with Crippen LogP contribution in [0.15, 0.2) is 24.5 Å². The number of aromatic nitrogens is 1. The molecule has 0 bridgehead atoms. The lowest BCUT2D eigenvalue weighted by Crippen LogP contribution is -2.30. The van der Waals surface area contributed by atoms with Crippen molar-refractivity contribution in [1.29, 1.82) is 0 Å². The molecule has 1 N–H and O–H groups in total. The SMILES string of the molecule is CCOC(=O)CNC(=O)CCc1ccncc1. The maximum absolute atomic E-state index is 11.4. The lowest BCUT2D eigenvalue weighted by Gasteiger charge is -2.04. The van der Waals surface area contributed by atoms with Crippen LogP contribution in [0.2, 0.25) is 0 Å². The second kappa shape index (κ2) is 7.38. The van der Waals surface area contributed by atoms with Crippen LogP contribution in [0.3, 0.4) is 0 Å². The van der Waals surface area contributed by atoms with E-state index in [4.69, 9.17) is 4.74 Å². The van der Waals surface area contributed by atoms with Gasteiger partial charge in [-0.15, -0.1) is 0 Å². The maximum atomic E-state index is 11.4. The maximum Gasteiger partial charge on any atom is 0.325 e. The zero-order valence-electron chi connectivity index (χ0n) is 9.81. The summed E-state index contributed by atoms with van der Waals surface area (Å²) in [5.74, 6) is -0.570. The van der Waals surface area contributed by atoms with E-state index in [0.717, 1.165) is 5.56 Å². The second-order valence-corrected chi connectivity index (χ2v) is 3.44. The zero-order chi connectivity index (χ0) is 12.5. The number of amides is 1. The van der Waals surface area contributed by atoms with E-state index in [0.29, 0.717) is 19.4 Å². The Hall–Kier alpha value is -1.91. The van der Waals surface area contributed by atoms with Crippen molar-refractivity contribution in [3.8, 4) is 0 Å². The molecule has 0 radical (unpaired) electrons. The van der Waals surface area contributed by atoms with Crippen molar-refractivity contribution in [1.82, 2.24) is 10.3 Å². The Bertz CT molecular complexity index is 365. The van der Waals surface area contributed by atoms with Gasteiger partial charge < -0.3 is 10.1 Å². The molecular weight excluding hydrogens is 220 g/mol. The number of carbonyl (C=O) groups is 2. The number of aryl methyl sites for hydroxylation is 1. The van der Waals surface area contributed by atoms with Crippen LogP contribution < -0.4 is 5.32 Å². The first-order chi connectivity index (χ1) is 8.22. The molecule has 1 aromatic rings. The fourth-order valence-electron chi connectivity index (χ4n) is 1.28. The van der Waals surface area contributed by atoms with Crippen LogP contribution >= 0.6 is 0 Å². The summed E-state index contributed by atoms with van der Waals surface area (Å²) < 4.78 is 4.69. The number of pyridine rings is 1. The third kappa shape index (κ3) is 5.65. The van der Waals surface area contributed by atoms with E-state index in [-0.39, 0.29) is 12.5 Å². The molecule has 0 unspecified atom stereocenters. The molecule has 0 aromatic carbocycles. The van der Waals surface area contributed by atoms with Crippen molar-refractivity contribution >= 4 is 11.9 Å². The van der Waals surface area contributed by atoms with Crippen molar-refractivity contribution in [2.24, 2.45) is 0 Å². The third-order valence-corrected chi connectivity index (χ3v) is 2.13. The molecule has 5 nitrogen and oxygen atoms in total. The first-order valence-corrected chi connectivity index (χ1v) is 5.53. The highest BCUT2D eigenvalue weighted by Crippen LogP contribution is 2.00. The molecule has 1 heterocycles. The highest BCUT2D eigenvalue weighted by atomic mass is 16.5. The molecule has 0 aliphatic rings. The molecule has 1 aromatic heterocycles. The smallest absolute Gasteiger partial charge is 0.325 e. The summed E-state index contributed by atoms with van der Waals surface area (Å²) in [5.41, 5.74) is 1.05. The van der Waals surface area contributed by atoms with Crippen LogP contribution in [-0.4, -0.2) is 30.0 Å². The van der Waals surface area contributed by atoms with Crippen molar-refractivity contribution < 1.29 is 14.3 Å². The summed E-state index contributed by atoms with van der Waals surface area (Å²) in [7, 11) is 0. The van der Waals surface area contributed by atoms with Gasteiger partial charge in [-0.25, -0.2) is 0 Å². The van der Waals surface area contributed by atoms with Gasteiger partial charge in [0.1, 0.15) is 6.54 Å². The van der Waals surface area contributed by atoms with Crippen molar-refractivity contribution in [3.05, 3.63) is 30.1 Å². The Kier molecular flexibility index (Phi) is 5.71. The van der Waals surface area contributed by atoms with Crippen molar-refractivity contribution in [2.45, 2.75) is 19.8 Å². The summed E-state index contributed by atoms with van der Waals surface area (Å²) in [6.07, 6.45) is 4.36. The Morgan fingerprint density at radius 3 is 2.71 bits per heavy atom. The summed E-state index contributed by atoms with van der Waals surface area (Å²) in [6.45, 7) is 1.98. The van der Waals surface area contributed by atoms with E-state index in [1.54, 1.807) is 19.3 Å². The predicted octanol–water partition coefficient (Wildman–Crippen LogP) is 0.693. The molecule has 0 saturated carbocycles. The number of esters is 1. The standard InChI is InChI=1S/C12H16N2O3/c1-2-17-12(16)9-14-11(15)4-3-10-5-7-13-8-6-10/h5-8H,2-4,9H2,1H3,(H,14,15). The summed E-state index contributed by atoms with van der Waals surface area (Å²) in [5, 5.41) is 2.51. The van der Waals surface area contributed by atoms with E-state index >= 15 is 0 Å². The first-order valence-electron chi connectivity index (χ1n) is 5.53. The summed E-state index contributed by atoms with van der Waals surface area (Å²) in [4.78, 5) is 26.3. The molecule has 92 valence electrons. The fourth-order valence-corrected chi connectivity index (χ4v) is 1.28. The number of nitrogens with one attached hydrogen (secondary N) is 1. The molecule has 0 saturated heterocycles. The number of nitrogens with zero attached hydrogens (tertiary/aromatic N) is 1. The van der Waals surface area contributed by atoms with Crippen molar-refractivity contribution in [2.75, 3.05) is 13.2 Å². The molecule has 1 amide bonds. The van der Waals surface area contributed by atoms with E-state index in [1.165, 1.54) is 0 Å². The van der Waals surface area contributed by atoms with Gasteiger partial charge in [0.25, 0.3) is 0 Å². The minimum absolute atomic E-state index is 0.0664. The topological polar surface area (TPSA) is 68.3 Å². The quantitative estimate of drug-likeness (QED) is 0.738. The molecule has 1 rings (SSSR count). The highest BCUT2D eigenvalue weighted by molar-refractivity contribution is 5.81. The Morgan fingerprint density at radius 1 is 1.35 bits per heavy atom. The molecule has 17 heavy (non-hydrogen) atoms. The average Bonchev–Trinajstić information content (AvgIpc) is 2.35. The lowest BCUT2D eigenvalue weighted by atomic mass is 10.1. The number of hydrogen-bond donors (Lipinski definition) is 1. The number of ether oxygens (including phenoxy) is 1. The van der Waals surface area contributed by atoms with Crippen LogP contribution in [0.25, 0.3) is 0 Å². The van der Waals surface area contributed by atoms with E-state index in [9.17, 15) is 9.59 Å². The average molecular weight is 236 g/mol. The van der Waals surface area contributed by atoms with Gasteiger partial charge >= 0.3 is 5.97 Å². The monoisotopic (exact) mass is 236 g/mol. The molecule has 0 aliphatic heterocycles. The van der Waals surface area contributed by atoms with Crippen LogP contribution in [0.1, 0.15) is 18.9 Å². The number of carbonyl (C=O) groups excluding carboxylic acids is 2. The summed E-state index contributed by atoms with van der Waals surface area (Å²) in [6, 6.07) is 3.72. The largest absolute Gasteiger partial charge is 0.465 e. The van der Waals surface area contributed by atoms with Crippen molar-refractivity contribution in [3.63, 3.8) is 0 Å². The minimum Gasteiger partial charge on any atom is -0.465 e. The molecule has 0 fully saturated rings. The van der Waals surface area contributed by atoms with Gasteiger partial charge in [0.05, 0.1) is 6.61 Å². The van der Waals surface area contributed by atoms with Gasteiger partial charge in [0, 0.05) is 18.8 Å². The number of rotatable bonds is 6. The second-order valence-electron chi connectivity index (χ2n) is 3.44. The normalized spacial score (nSPS) is 9.71. The number of hydrogen-bond acceptors (Lipinski definition) is 4. The van der Waals surface area contributed by atoms with E-state index in [2.05, 4.69) is 10.3 Å². The van der Waals surface area contributed by atoms with Crippen LogP contribution in [-0.2, 0) is 20.7 Å². The Labute approximate surface area is 100 Å². The first kappa shape index (κ1) is 13.2. The van der Waals surface area contributed by atoms with Crippen LogP contribution in [0.4, 0.5) is 0 Å². The fraction of sp³-hybridized carbons (Fsp3) is 0.417.